The molecule has 16 heavy (non-hydrogen) atoms. The molecule has 0 aliphatic heterocycles. The summed E-state index contributed by atoms with van der Waals surface area (Å²) in [6.45, 7) is 4.94. The molecule has 0 radical (unpaired) electrons. The molecule has 0 heterocycles. The minimum atomic E-state index is -1.10. The second kappa shape index (κ2) is 4.79. The van der Waals surface area contributed by atoms with Gasteiger partial charge in [-0.25, -0.2) is 4.79 Å². The van der Waals surface area contributed by atoms with Gasteiger partial charge in [-0.15, -0.1) is 0 Å². The number of benzene rings is 1. The molecule has 4 heteroatoms. The van der Waals surface area contributed by atoms with E-state index in [0.29, 0.717) is 5.56 Å². The van der Waals surface area contributed by atoms with E-state index in [4.69, 9.17) is 9.84 Å². The van der Waals surface area contributed by atoms with Gasteiger partial charge in [0, 0.05) is 0 Å². The monoisotopic (exact) mass is 222 g/mol. The molecule has 1 aromatic carbocycles. The van der Waals surface area contributed by atoms with Crippen LogP contribution in [0.2, 0.25) is 0 Å². The maximum atomic E-state index is 11.3. The van der Waals surface area contributed by atoms with Crippen LogP contribution in [0.5, 0.6) is 5.75 Å². The predicted molar refractivity (Wildman–Crippen MR) is 59.2 cm³/mol. The molecular weight excluding hydrogens is 208 g/mol. The Morgan fingerprint density at radius 1 is 1.25 bits per heavy atom. The number of carboxylic acids is 1. The van der Waals surface area contributed by atoms with Crippen LogP contribution in [-0.4, -0.2) is 23.0 Å². The Bertz CT molecular complexity index is 389. The highest BCUT2D eigenvalue weighted by atomic mass is 16.5. The summed E-state index contributed by atoms with van der Waals surface area (Å²) in [7, 11) is 0. The molecule has 0 amide bonds. The van der Waals surface area contributed by atoms with E-state index in [2.05, 4.69) is 0 Å². The summed E-state index contributed by atoms with van der Waals surface area (Å²) < 4.78 is 5.40. The standard InChI is InChI=1S/C12H14O4/c1-7(2)16-11-9(8(3)13)5-4-6-10(11)12(14)15/h4-7H,1-3H3,(H,14,15). The highest BCUT2D eigenvalue weighted by molar-refractivity contribution is 6.01. The predicted octanol–water partition coefficient (Wildman–Crippen LogP) is 2.37. The normalized spacial score (nSPS) is 10.2. The summed E-state index contributed by atoms with van der Waals surface area (Å²) in [5.41, 5.74) is 0.315. The molecule has 0 aromatic heterocycles. The van der Waals surface area contributed by atoms with E-state index in [0.717, 1.165) is 0 Å². The zero-order chi connectivity index (χ0) is 12.3. The van der Waals surface area contributed by atoms with Gasteiger partial charge in [0.05, 0.1) is 11.7 Å². The fraction of sp³-hybridized carbons (Fsp3) is 0.333. The zero-order valence-electron chi connectivity index (χ0n) is 9.48. The first-order valence-corrected chi connectivity index (χ1v) is 4.97. The number of ether oxygens (including phenoxy) is 1. The van der Waals surface area contributed by atoms with Gasteiger partial charge in [0.25, 0.3) is 0 Å². The van der Waals surface area contributed by atoms with Crippen molar-refractivity contribution in [3.63, 3.8) is 0 Å². The fourth-order valence-electron chi connectivity index (χ4n) is 1.35. The van der Waals surface area contributed by atoms with Crippen LogP contribution in [0.25, 0.3) is 0 Å². The number of Topliss-reactive ketones (excluding diaryl/α,β-unsaturated/α-hetero) is 1. The first kappa shape index (κ1) is 12.2. The number of hydrogen-bond donors (Lipinski definition) is 1. The Morgan fingerprint density at radius 3 is 2.25 bits per heavy atom. The Balaban J connectivity index is 3.34. The van der Waals surface area contributed by atoms with Gasteiger partial charge in [-0.05, 0) is 32.9 Å². The van der Waals surface area contributed by atoms with Crippen molar-refractivity contribution in [3.8, 4) is 5.75 Å². The van der Waals surface area contributed by atoms with E-state index >= 15 is 0 Å². The van der Waals surface area contributed by atoms with Gasteiger partial charge in [-0.3, -0.25) is 4.79 Å². The lowest BCUT2D eigenvalue weighted by atomic mass is 10.1. The van der Waals surface area contributed by atoms with Crippen LogP contribution in [0, 0.1) is 0 Å². The van der Waals surface area contributed by atoms with Gasteiger partial charge in [0.15, 0.2) is 5.78 Å². The van der Waals surface area contributed by atoms with Gasteiger partial charge in [0.1, 0.15) is 11.3 Å². The minimum Gasteiger partial charge on any atom is -0.489 e. The van der Waals surface area contributed by atoms with Crippen molar-refractivity contribution >= 4 is 11.8 Å². The topological polar surface area (TPSA) is 63.6 Å². The number of carbonyl (C=O) groups excluding carboxylic acids is 1. The molecular formula is C12H14O4. The minimum absolute atomic E-state index is 0.0152. The molecule has 0 atom stereocenters. The number of rotatable bonds is 4. The van der Waals surface area contributed by atoms with Crippen LogP contribution >= 0.6 is 0 Å². The number of carbonyl (C=O) groups is 2. The molecule has 0 unspecified atom stereocenters. The molecule has 1 aromatic rings. The van der Waals surface area contributed by atoms with Gasteiger partial charge < -0.3 is 9.84 Å². The third kappa shape index (κ3) is 2.59. The number of aromatic carboxylic acids is 1. The highest BCUT2D eigenvalue weighted by Gasteiger charge is 2.18. The molecule has 0 saturated heterocycles. The third-order valence-corrected chi connectivity index (χ3v) is 1.98. The molecule has 0 aliphatic rings. The van der Waals surface area contributed by atoms with Gasteiger partial charge in [0.2, 0.25) is 0 Å². The molecule has 0 aliphatic carbocycles. The van der Waals surface area contributed by atoms with E-state index in [-0.39, 0.29) is 23.2 Å². The van der Waals surface area contributed by atoms with Crippen molar-refractivity contribution in [1.29, 1.82) is 0 Å². The summed E-state index contributed by atoms with van der Waals surface area (Å²) in [6, 6.07) is 4.52. The van der Waals surface area contributed by atoms with Gasteiger partial charge in [-0.2, -0.15) is 0 Å². The lowest BCUT2D eigenvalue weighted by molar-refractivity contribution is 0.0690. The van der Waals surface area contributed by atoms with Gasteiger partial charge >= 0.3 is 5.97 Å². The van der Waals surface area contributed by atoms with E-state index in [1.54, 1.807) is 19.9 Å². The van der Waals surface area contributed by atoms with Crippen LogP contribution in [0.15, 0.2) is 18.2 Å². The first-order valence-electron chi connectivity index (χ1n) is 4.97. The van der Waals surface area contributed by atoms with Crippen molar-refractivity contribution in [1.82, 2.24) is 0 Å². The van der Waals surface area contributed by atoms with E-state index in [1.807, 2.05) is 0 Å². The second-order valence-electron chi connectivity index (χ2n) is 3.71. The molecule has 0 bridgehead atoms. The maximum absolute atomic E-state index is 11.3. The number of ketones is 1. The van der Waals surface area contributed by atoms with Crippen LogP contribution < -0.4 is 4.74 Å². The van der Waals surface area contributed by atoms with Crippen LogP contribution in [0.4, 0.5) is 0 Å². The Kier molecular flexibility index (Phi) is 3.66. The average Bonchev–Trinajstić information content (AvgIpc) is 2.16. The molecule has 0 fully saturated rings. The van der Waals surface area contributed by atoms with Gasteiger partial charge in [-0.1, -0.05) is 6.07 Å². The van der Waals surface area contributed by atoms with E-state index in [9.17, 15) is 9.59 Å². The molecule has 1 N–H and O–H groups in total. The van der Waals surface area contributed by atoms with E-state index < -0.39 is 5.97 Å². The molecule has 0 spiro atoms. The van der Waals surface area contributed by atoms with Crippen molar-refractivity contribution < 1.29 is 19.4 Å². The van der Waals surface area contributed by atoms with Crippen molar-refractivity contribution in [2.45, 2.75) is 26.9 Å². The van der Waals surface area contributed by atoms with Crippen molar-refractivity contribution in [2.75, 3.05) is 0 Å². The lowest BCUT2D eigenvalue weighted by Gasteiger charge is -2.15. The Labute approximate surface area is 93.9 Å². The first-order chi connectivity index (χ1) is 7.43. The smallest absolute Gasteiger partial charge is 0.339 e. The van der Waals surface area contributed by atoms with Crippen LogP contribution in [-0.2, 0) is 0 Å². The summed E-state index contributed by atoms with van der Waals surface area (Å²) in [4.78, 5) is 22.3. The molecule has 1 rings (SSSR count). The zero-order valence-corrected chi connectivity index (χ0v) is 9.48. The highest BCUT2D eigenvalue weighted by Crippen LogP contribution is 2.25. The largest absolute Gasteiger partial charge is 0.489 e. The van der Waals surface area contributed by atoms with Crippen molar-refractivity contribution in [2.24, 2.45) is 0 Å². The summed E-state index contributed by atoms with van der Waals surface area (Å²) in [5.74, 6) is -1.16. The van der Waals surface area contributed by atoms with Crippen LogP contribution in [0.1, 0.15) is 41.5 Å². The molecule has 0 saturated carbocycles. The van der Waals surface area contributed by atoms with Crippen LogP contribution in [0.3, 0.4) is 0 Å². The fourth-order valence-corrected chi connectivity index (χ4v) is 1.35. The second-order valence-corrected chi connectivity index (χ2v) is 3.71. The Morgan fingerprint density at radius 2 is 1.81 bits per heavy atom. The third-order valence-electron chi connectivity index (χ3n) is 1.98. The SMILES string of the molecule is CC(=O)c1cccc(C(=O)O)c1OC(C)C. The average molecular weight is 222 g/mol. The summed E-state index contributed by atoms with van der Waals surface area (Å²) in [6.07, 6.45) is -0.182. The van der Waals surface area contributed by atoms with Crippen molar-refractivity contribution in [3.05, 3.63) is 29.3 Å². The quantitative estimate of drug-likeness (QED) is 0.794. The molecule has 86 valence electrons. The van der Waals surface area contributed by atoms with E-state index in [1.165, 1.54) is 19.1 Å². The molecule has 4 nitrogen and oxygen atoms in total. The number of hydrogen-bond acceptors (Lipinski definition) is 3. The number of carboxylic acid groups (broad SMARTS) is 1. The maximum Gasteiger partial charge on any atom is 0.339 e. The number of para-hydroxylation sites is 1. The lowest BCUT2D eigenvalue weighted by Crippen LogP contribution is -2.13. The Hall–Kier alpha value is -1.84. The summed E-state index contributed by atoms with van der Waals surface area (Å²) >= 11 is 0. The summed E-state index contributed by atoms with van der Waals surface area (Å²) in [5, 5.41) is 8.99.